The molecule has 0 aromatic carbocycles. The Morgan fingerprint density at radius 1 is 1.14 bits per heavy atom. The Bertz CT molecular complexity index is 182. The standard InChI is InChI=1S/C7H12N2O3.C2H6/c1-5(10)2-3-7(12)9-4-6(8)11;1-2/h2-4H2,1H3,(H2,8,11)(H,9,12);1-2H3. The zero-order valence-corrected chi connectivity index (χ0v) is 8.92. The zero-order chi connectivity index (χ0) is 11.6. The maximum Gasteiger partial charge on any atom is 0.236 e. The van der Waals surface area contributed by atoms with Crippen LogP contribution >= 0.6 is 0 Å². The quantitative estimate of drug-likeness (QED) is 0.656. The van der Waals surface area contributed by atoms with Crippen LogP contribution in [0.3, 0.4) is 0 Å². The molecule has 0 unspecified atom stereocenters. The molecule has 5 heteroatoms. The molecule has 5 nitrogen and oxygen atoms in total. The number of Topliss-reactive ketones (excluding diaryl/α,β-unsaturated/α-hetero) is 1. The monoisotopic (exact) mass is 202 g/mol. The van der Waals surface area contributed by atoms with Gasteiger partial charge in [-0.1, -0.05) is 13.8 Å². The summed E-state index contributed by atoms with van der Waals surface area (Å²) in [5.41, 5.74) is 4.78. The lowest BCUT2D eigenvalue weighted by Gasteiger charge is -1.99. The lowest BCUT2D eigenvalue weighted by atomic mass is 10.2. The maximum atomic E-state index is 10.8. The number of primary amides is 1. The molecule has 0 fully saturated rings. The Labute approximate surface area is 84.0 Å². The average Bonchev–Trinajstić information content (AvgIpc) is 2.14. The first kappa shape index (κ1) is 15.1. The molecule has 0 aliphatic carbocycles. The van der Waals surface area contributed by atoms with Crippen LogP contribution in [0.4, 0.5) is 0 Å². The van der Waals surface area contributed by atoms with E-state index < -0.39 is 5.91 Å². The van der Waals surface area contributed by atoms with Crippen molar-refractivity contribution in [2.45, 2.75) is 33.6 Å². The first-order valence-electron chi connectivity index (χ1n) is 4.57. The molecule has 0 aromatic heterocycles. The van der Waals surface area contributed by atoms with E-state index in [9.17, 15) is 14.4 Å². The Hall–Kier alpha value is -1.39. The van der Waals surface area contributed by atoms with Gasteiger partial charge in [-0.25, -0.2) is 0 Å². The minimum atomic E-state index is -0.592. The topological polar surface area (TPSA) is 89.3 Å². The summed E-state index contributed by atoms with van der Waals surface area (Å²) in [6, 6.07) is 0. The van der Waals surface area contributed by atoms with E-state index in [1.165, 1.54) is 6.92 Å². The van der Waals surface area contributed by atoms with Crippen LogP contribution < -0.4 is 11.1 Å². The molecule has 0 radical (unpaired) electrons. The number of ketones is 1. The van der Waals surface area contributed by atoms with Gasteiger partial charge in [0.25, 0.3) is 0 Å². The zero-order valence-electron chi connectivity index (χ0n) is 8.92. The molecular weight excluding hydrogens is 184 g/mol. The number of carbonyl (C=O) groups is 3. The summed E-state index contributed by atoms with van der Waals surface area (Å²) < 4.78 is 0. The van der Waals surface area contributed by atoms with Crippen LogP contribution in [0.1, 0.15) is 33.6 Å². The number of nitrogens with one attached hydrogen (secondary N) is 1. The highest BCUT2D eigenvalue weighted by atomic mass is 16.2. The average molecular weight is 202 g/mol. The smallest absolute Gasteiger partial charge is 0.236 e. The van der Waals surface area contributed by atoms with E-state index in [-0.39, 0.29) is 31.1 Å². The Morgan fingerprint density at radius 2 is 1.64 bits per heavy atom. The van der Waals surface area contributed by atoms with E-state index in [0.29, 0.717) is 0 Å². The molecule has 0 bridgehead atoms. The minimum absolute atomic E-state index is 0.0516. The van der Waals surface area contributed by atoms with Crippen LogP contribution in [0, 0.1) is 0 Å². The second-order valence-corrected chi connectivity index (χ2v) is 2.45. The lowest BCUT2D eigenvalue weighted by Crippen LogP contribution is -2.33. The molecule has 0 saturated carbocycles. The third-order valence-corrected chi connectivity index (χ3v) is 1.16. The van der Waals surface area contributed by atoms with Crippen molar-refractivity contribution >= 4 is 17.6 Å². The van der Waals surface area contributed by atoms with Gasteiger partial charge in [0.1, 0.15) is 5.78 Å². The van der Waals surface area contributed by atoms with Gasteiger partial charge in [0.05, 0.1) is 6.54 Å². The first-order valence-corrected chi connectivity index (χ1v) is 4.57. The van der Waals surface area contributed by atoms with Crippen LogP contribution in [0.15, 0.2) is 0 Å². The molecular formula is C9H18N2O3. The van der Waals surface area contributed by atoms with E-state index in [1.54, 1.807) is 0 Å². The summed E-state index contributed by atoms with van der Waals surface area (Å²) in [4.78, 5) is 31.4. The fourth-order valence-corrected chi connectivity index (χ4v) is 0.564. The molecule has 0 heterocycles. The predicted octanol–water partition coefficient (Wildman–Crippen LogP) is -0.0167. The van der Waals surface area contributed by atoms with E-state index in [0.717, 1.165) is 0 Å². The number of carbonyl (C=O) groups excluding carboxylic acids is 3. The molecule has 14 heavy (non-hydrogen) atoms. The van der Waals surface area contributed by atoms with Crippen molar-refractivity contribution < 1.29 is 14.4 Å². The molecule has 3 N–H and O–H groups in total. The summed E-state index contributed by atoms with van der Waals surface area (Å²) in [7, 11) is 0. The molecule has 0 saturated heterocycles. The number of amides is 2. The summed E-state index contributed by atoms with van der Waals surface area (Å²) in [5.74, 6) is -0.973. The van der Waals surface area contributed by atoms with Crippen molar-refractivity contribution in [3.05, 3.63) is 0 Å². The van der Waals surface area contributed by atoms with Crippen LogP contribution in [-0.4, -0.2) is 24.1 Å². The second-order valence-electron chi connectivity index (χ2n) is 2.45. The third kappa shape index (κ3) is 13.2. The highest BCUT2D eigenvalue weighted by Gasteiger charge is 2.03. The second kappa shape index (κ2) is 9.70. The fraction of sp³-hybridized carbons (Fsp3) is 0.667. The largest absolute Gasteiger partial charge is 0.368 e. The highest BCUT2D eigenvalue weighted by molar-refractivity contribution is 5.86. The Balaban J connectivity index is 0. The number of nitrogens with two attached hydrogens (primary N) is 1. The first-order chi connectivity index (χ1) is 6.52. The molecule has 82 valence electrons. The van der Waals surface area contributed by atoms with Gasteiger partial charge in [-0.05, 0) is 6.92 Å². The summed E-state index contributed by atoms with van der Waals surface area (Å²) in [6.45, 7) is 5.23. The number of rotatable bonds is 5. The van der Waals surface area contributed by atoms with Crippen LogP contribution in [-0.2, 0) is 14.4 Å². The van der Waals surface area contributed by atoms with Crippen molar-refractivity contribution in [1.29, 1.82) is 0 Å². The molecule has 0 aromatic rings. The lowest BCUT2D eigenvalue weighted by molar-refractivity contribution is -0.126. The number of hydrogen-bond donors (Lipinski definition) is 2. The van der Waals surface area contributed by atoms with Crippen molar-refractivity contribution in [1.82, 2.24) is 5.32 Å². The highest BCUT2D eigenvalue weighted by Crippen LogP contribution is 1.88. The van der Waals surface area contributed by atoms with Crippen molar-refractivity contribution in [2.75, 3.05) is 6.54 Å². The Morgan fingerprint density at radius 3 is 2.00 bits per heavy atom. The SMILES string of the molecule is CC.CC(=O)CCC(=O)NCC(N)=O. The van der Waals surface area contributed by atoms with E-state index in [2.05, 4.69) is 5.32 Å². The van der Waals surface area contributed by atoms with Crippen molar-refractivity contribution in [3.63, 3.8) is 0 Å². The summed E-state index contributed by atoms with van der Waals surface area (Å²) in [5, 5.41) is 2.27. The van der Waals surface area contributed by atoms with Crippen LogP contribution in [0.5, 0.6) is 0 Å². The summed E-state index contributed by atoms with van der Waals surface area (Å²) >= 11 is 0. The number of hydrogen-bond acceptors (Lipinski definition) is 3. The Kier molecular flexibility index (Phi) is 10.5. The van der Waals surface area contributed by atoms with Gasteiger partial charge in [-0.3, -0.25) is 9.59 Å². The van der Waals surface area contributed by atoms with Gasteiger partial charge in [0, 0.05) is 12.8 Å². The molecule has 0 aliphatic rings. The summed E-state index contributed by atoms with van der Waals surface area (Å²) in [6.07, 6.45) is 0.313. The van der Waals surface area contributed by atoms with Crippen LogP contribution in [0.25, 0.3) is 0 Å². The van der Waals surface area contributed by atoms with Gasteiger partial charge < -0.3 is 15.8 Å². The third-order valence-electron chi connectivity index (χ3n) is 1.16. The maximum absolute atomic E-state index is 10.8. The van der Waals surface area contributed by atoms with Gasteiger partial charge in [0.2, 0.25) is 11.8 Å². The normalized spacial score (nSPS) is 8.21. The van der Waals surface area contributed by atoms with Crippen LogP contribution in [0.2, 0.25) is 0 Å². The predicted molar refractivity (Wildman–Crippen MR) is 53.5 cm³/mol. The van der Waals surface area contributed by atoms with Gasteiger partial charge >= 0.3 is 0 Å². The van der Waals surface area contributed by atoms with Gasteiger partial charge in [-0.2, -0.15) is 0 Å². The van der Waals surface area contributed by atoms with Crippen molar-refractivity contribution in [2.24, 2.45) is 5.73 Å². The van der Waals surface area contributed by atoms with E-state index >= 15 is 0 Å². The fourth-order valence-electron chi connectivity index (χ4n) is 0.564. The molecule has 0 spiro atoms. The molecule has 2 amide bonds. The minimum Gasteiger partial charge on any atom is -0.368 e. The van der Waals surface area contributed by atoms with Crippen molar-refractivity contribution in [3.8, 4) is 0 Å². The molecule has 0 rings (SSSR count). The van der Waals surface area contributed by atoms with Gasteiger partial charge in [0.15, 0.2) is 0 Å². The van der Waals surface area contributed by atoms with Gasteiger partial charge in [-0.15, -0.1) is 0 Å². The van der Waals surface area contributed by atoms with E-state index in [4.69, 9.17) is 5.73 Å². The molecule has 0 atom stereocenters. The molecule has 0 aliphatic heterocycles. The van der Waals surface area contributed by atoms with E-state index in [1.807, 2.05) is 13.8 Å².